The predicted octanol–water partition coefficient (Wildman–Crippen LogP) is 6.19. The summed E-state index contributed by atoms with van der Waals surface area (Å²) in [5.74, 6) is -1.99. The first-order valence-corrected chi connectivity index (χ1v) is 9.73. The molecule has 6 heteroatoms. The van der Waals surface area contributed by atoms with Gasteiger partial charge in [-0.2, -0.15) is 13.9 Å². The van der Waals surface area contributed by atoms with Crippen LogP contribution in [0.2, 0.25) is 0 Å². The molecule has 0 bridgehead atoms. The largest absolute Gasteiger partial charge is 0.458 e. The highest BCUT2D eigenvalue weighted by molar-refractivity contribution is 5.32. The second kappa shape index (κ2) is 10.3. The van der Waals surface area contributed by atoms with Gasteiger partial charge in [0.05, 0.1) is 6.54 Å². The molecule has 0 spiro atoms. The van der Waals surface area contributed by atoms with Crippen LogP contribution in [0.1, 0.15) is 76.7 Å². The van der Waals surface area contributed by atoms with Gasteiger partial charge in [-0.25, -0.2) is 0 Å². The van der Waals surface area contributed by atoms with Crippen molar-refractivity contribution in [2.45, 2.75) is 77.7 Å². The summed E-state index contributed by atoms with van der Waals surface area (Å²) in [6.07, 6.45) is 12.2. The van der Waals surface area contributed by atoms with Crippen LogP contribution >= 0.6 is 0 Å². The normalized spacial score (nSPS) is 11.8. The molecule has 4 nitrogen and oxygen atoms in total. The minimum absolute atomic E-state index is 0.312. The Morgan fingerprint density at radius 1 is 1.04 bits per heavy atom. The molecule has 0 aromatic carbocycles. The van der Waals surface area contributed by atoms with Crippen LogP contribution < -0.4 is 5.32 Å². The second-order valence-electron chi connectivity index (χ2n) is 6.95. The SMILES string of the molecule is CCCCCCCCCCNc1ccn(Cc2ccc(C(C)(F)F)o2)n1. The summed E-state index contributed by atoms with van der Waals surface area (Å²) in [7, 11) is 0. The average Bonchev–Trinajstić information content (AvgIpc) is 3.23. The van der Waals surface area contributed by atoms with Crippen molar-refractivity contribution >= 4 is 5.82 Å². The summed E-state index contributed by atoms with van der Waals surface area (Å²) in [5, 5.41) is 7.71. The van der Waals surface area contributed by atoms with Crippen LogP contribution in [0.3, 0.4) is 0 Å². The summed E-state index contributed by atoms with van der Waals surface area (Å²) in [6.45, 7) is 4.31. The maximum atomic E-state index is 13.2. The van der Waals surface area contributed by atoms with E-state index in [2.05, 4.69) is 17.3 Å². The molecular formula is C20H31F2N3O. The monoisotopic (exact) mass is 367 g/mol. The summed E-state index contributed by atoms with van der Waals surface area (Å²) in [5.41, 5.74) is 0. The van der Waals surface area contributed by atoms with E-state index in [9.17, 15) is 8.78 Å². The molecule has 0 saturated carbocycles. The van der Waals surface area contributed by atoms with Crippen molar-refractivity contribution in [3.8, 4) is 0 Å². The summed E-state index contributed by atoms with van der Waals surface area (Å²) < 4.78 is 33.3. The van der Waals surface area contributed by atoms with Crippen LogP contribution in [0.15, 0.2) is 28.8 Å². The Morgan fingerprint density at radius 2 is 1.73 bits per heavy atom. The zero-order chi connectivity index (χ0) is 18.8. The molecule has 0 saturated heterocycles. The lowest BCUT2D eigenvalue weighted by atomic mass is 10.1. The number of halogens is 2. The minimum atomic E-state index is -2.95. The molecule has 0 unspecified atom stereocenters. The van der Waals surface area contributed by atoms with Crippen molar-refractivity contribution in [2.24, 2.45) is 0 Å². The van der Waals surface area contributed by atoms with Gasteiger partial charge in [0.2, 0.25) is 0 Å². The number of nitrogens with zero attached hydrogens (tertiary/aromatic N) is 2. The van der Waals surface area contributed by atoms with E-state index in [1.165, 1.54) is 51.0 Å². The Labute approximate surface area is 155 Å². The van der Waals surface area contributed by atoms with E-state index >= 15 is 0 Å². The quantitative estimate of drug-likeness (QED) is 0.429. The van der Waals surface area contributed by atoms with E-state index < -0.39 is 5.92 Å². The number of hydrogen-bond acceptors (Lipinski definition) is 3. The number of hydrogen-bond donors (Lipinski definition) is 1. The van der Waals surface area contributed by atoms with Crippen LogP contribution in [0, 0.1) is 0 Å². The van der Waals surface area contributed by atoms with E-state index in [-0.39, 0.29) is 5.76 Å². The minimum Gasteiger partial charge on any atom is -0.458 e. The first-order valence-electron chi connectivity index (χ1n) is 9.73. The molecular weight excluding hydrogens is 336 g/mol. The molecule has 0 aliphatic carbocycles. The van der Waals surface area contributed by atoms with Crippen molar-refractivity contribution < 1.29 is 13.2 Å². The van der Waals surface area contributed by atoms with Gasteiger partial charge in [0.25, 0.3) is 0 Å². The molecule has 0 fully saturated rings. The molecule has 2 aromatic rings. The Kier molecular flexibility index (Phi) is 8.13. The predicted molar refractivity (Wildman–Crippen MR) is 101 cm³/mol. The Balaban J connectivity index is 1.63. The van der Waals surface area contributed by atoms with E-state index in [1.807, 2.05) is 12.3 Å². The van der Waals surface area contributed by atoms with Crippen LogP contribution in [0.5, 0.6) is 0 Å². The zero-order valence-electron chi connectivity index (χ0n) is 15.9. The zero-order valence-corrected chi connectivity index (χ0v) is 15.9. The van der Waals surface area contributed by atoms with Gasteiger partial charge in [-0.3, -0.25) is 4.68 Å². The van der Waals surface area contributed by atoms with Crippen LogP contribution in [0.25, 0.3) is 0 Å². The lowest BCUT2D eigenvalue weighted by molar-refractivity contribution is -0.00636. The average molecular weight is 367 g/mol. The van der Waals surface area contributed by atoms with Crippen LogP contribution in [-0.2, 0) is 12.5 Å². The standard InChI is InChI=1S/C20H31F2N3O/c1-3-4-5-6-7-8-9-10-14-23-19-13-15-25(24-19)16-17-11-12-18(26-17)20(2,21)22/h11-13,15H,3-10,14,16H2,1-2H3,(H,23,24). The highest BCUT2D eigenvalue weighted by atomic mass is 19.3. The van der Waals surface area contributed by atoms with Crippen molar-refractivity contribution in [3.05, 3.63) is 35.9 Å². The fraction of sp³-hybridized carbons (Fsp3) is 0.650. The van der Waals surface area contributed by atoms with Gasteiger partial charge in [-0.05, 0) is 18.6 Å². The lowest BCUT2D eigenvalue weighted by Gasteiger charge is -2.05. The van der Waals surface area contributed by atoms with Gasteiger partial charge < -0.3 is 9.73 Å². The van der Waals surface area contributed by atoms with Gasteiger partial charge in [0.15, 0.2) is 5.76 Å². The third-order valence-electron chi connectivity index (χ3n) is 4.39. The van der Waals surface area contributed by atoms with Crippen molar-refractivity contribution in [3.63, 3.8) is 0 Å². The maximum absolute atomic E-state index is 13.2. The highest BCUT2D eigenvalue weighted by Crippen LogP contribution is 2.28. The molecule has 1 N–H and O–H groups in total. The number of unbranched alkanes of at least 4 members (excludes halogenated alkanes) is 7. The topological polar surface area (TPSA) is 43.0 Å². The summed E-state index contributed by atoms with van der Waals surface area (Å²) in [4.78, 5) is 0. The van der Waals surface area contributed by atoms with Gasteiger partial charge in [-0.1, -0.05) is 51.9 Å². The molecule has 0 aliphatic heterocycles. The molecule has 2 heterocycles. The molecule has 146 valence electrons. The van der Waals surface area contributed by atoms with Gasteiger partial charge >= 0.3 is 5.92 Å². The van der Waals surface area contributed by atoms with Gasteiger partial charge in [0, 0.05) is 25.7 Å². The fourth-order valence-electron chi connectivity index (χ4n) is 2.88. The number of alkyl halides is 2. The maximum Gasteiger partial charge on any atom is 0.301 e. The number of anilines is 1. The Hall–Kier alpha value is -1.85. The summed E-state index contributed by atoms with van der Waals surface area (Å²) >= 11 is 0. The number of rotatable bonds is 13. The van der Waals surface area contributed by atoms with Crippen LogP contribution in [0.4, 0.5) is 14.6 Å². The Bertz CT molecular complexity index is 631. The first-order chi connectivity index (χ1) is 12.5. The molecule has 0 amide bonds. The third kappa shape index (κ3) is 7.18. The molecule has 26 heavy (non-hydrogen) atoms. The molecule has 0 atom stereocenters. The smallest absolute Gasteiger partial charge is 0.301 e. The van der Waals surface area contributed by atoms with Crippen LogP contribution in [-0.4, -0.2) is 16.3 Å². The highest BCUT2D eigenvalue weighted by Gasteiger charge is 2.28. The number of furan rings is 1. The number of aromatic nitrogens is 2. The van der Waals surface area contributed by atoms with E-state index in [4.69, 9.17) is 4.42 Å². The van der Waals surface area contributed by atoms with Crippen molar-refractivity contribution in [1.29, 1.82) is 0 Å². The number of nitrogens with one attached hydrogen (secondary N) is 1. The first kappa shape index (κ1) is 20.5. The van der Waals surface area contributed by atoms with Gasteiger partial charge in [-0.15, -0.1) is 0 Å². The molecule has 0 aliphatic rings. The molecule has 2 rings (SSSR count). The molecule has 0 radical (unpaired) electrons. The van der Waals surface area contributed by atoms with E-state index in [1.54, 1.807) is 10.7 Å². The lowest BCUT2D eigenvalue weighted by Crippen LogP contribution is -2.05. The fourth-order valence-corrected chi connectivity index (χ4v) is 2.88. The summed E-state index contributed by atoms with van der Waals surface area (Å²) in [6, 6.07) is 4.78. The molecule has 2 aromatic heterocycles. The van der Waals surface area contributed by atoms with E-state index in [0.29, 0.717) is 12.3 Å². The van der Waals surface area contributed by atoms with E-state index in [0.717, 1.165) is 25.7 Å². The van der Waals surface area contributed by atoms with Gasteiger partial charge in [0.1, 0.15) is 11.6 Å². The Morgan fingerprint density at radius 3 is 2.38 bits per heavy atom. The second-order valence-corrected chi connectivity index (χ2v) is 6.95. The van der Waals surface area contributed by atoms with Crippen molar-refractivity contribution in [2.75, 3.05) is 11.9 Å². The third-order valence-corrected chi connectivity index (χ3v) is 4.39. The van der Waals surface area contributed by atoms with Crippen molar-refractivity contribution in [1.82, 2.24) is 9.78 Å².